The SMILES string of the molecule is CN(C)c1nc(-n2c3ccccc3c3ccccc32)c2oc3ccccc3c2n1. The van der Waals surface area contributed by atoms with Crippen LogP contribution < -0.4 is 4.90 Å². The first-order valence-corrected chi connectivity index (χ1v) is 9.57. The average Bonchev–Trinajstić information content (AvgIpc) is 3.29. The van der Waals surface area contributed by atoms with Crippen LogP contribution in [0.3, 0.4) is 0 Å². The number of furan rings is 1. The minimum absolute atomic E-state index is 0.654. The van der Waals surface area contributed by atoms with E-state index in [9.17, 15) is 0 Å². The van der Waals surface area contributed by atoms with E-state index in [-0.39, 0.29) is 0 Å². The summed E-state index contributed by atoms with van der Waals surface area (Å²) in [5, 5.41) is 3.38. The molecule has 3 aromatic heterocycles. The highest BCUT2D eigenvalue weighted by Gasteiger charge is 2.21. The summed E-state index contributed by atoms with van der Waals surface area (Å²) in [5.41, 5.74) is 4.53. The number of para-hydroxylation sites is 3. The second kappa shape index (κ2) is 5.82. The van der Waals surface area contributed by atoms with Crippen molar-refractivity contribution < 1.29 is 4.42 Å². The van der Waals surface area contributed by atoms with Crippen molar-refractivity contribution in [1.29, 1.82) is 0 Å². The van der Waals surface area contributed by atoms with E-state index in [1.165, 1.54) is 10.8 Å². The molecule has 0 aliphatic rings. The minimum Gasteiger partial charge on any atom is -0.450 e. The first kappa shape index (κ1) is 16.1. The maximum Gasteiger partial charge on any atom is 0.227 e. The van der Waals surface area contributed by atoms with Crippen LogP contribution in [-0.4, -0.2) is 28.6 Å². The standard InChI is InChI=1S/C24H18N4O/c1-27(2)24-25-21-17-11-5-8-14-20(17)29-22(21)23(26-24)28-18-12-6-3-9-15(18)16-10-4-7-13-19(16)28/h3-14H,1-2H3. The minimum atomic E-state index is 0.654. The lowest BCUT2D eigenvalue weighted by atomic mass is 10.2. The van der Waals surface area contributed by atoms with Gasteiger partial charge in [-0.25, -0.2) is 4.98 Å². The molecule has 6 aromatic rings. The van der Waals surface area contributed by atoms with Crippen LogP contribution in [0.5, 0.6) is 0 Å². The van der Waals surface area contributed by atoms with Gasteiger partial charge in [0.25, 0.3) is 0 Å². The van der Waals surface area contributed by atoms with E-state index < -0.39 is 0 Å². The van der Waals surface area contributed by atoms with Crippen molar-refractivity contribution in [2.45, 2.75) is 0 Å². The highest BCUT2D eigenvalue weighted by Crippen LogP contribution is 2.36. The topological polar surface area (TPSA) is 47.1 Å². The fraction of sp³-hybridized carbons (Fsp3) is 0.0833. The van der Waals surface area contributed by atoms with Gasteiger partial charge in [-0.1, -0.05) is 48.5 Å². The van der Waals surface area contributed by atoms with Crippen molar-refractivity contribution in [1.82, 2.24) is 14.5 Å². The Morgan fingerprint density at radius 3 is 1.97 bits per heavy atom. The Labute approximate surface area is 166 Å². The van der Waals surface area contributed by atoms with Crippen molar-refractivity contribution in [3.63, 3.8) is 0 Å². The number of fused-ring (bicyclic) bond motifs is 6. The Kier molecular flexibility index (Phi) is 3.23. The molecule has 0 bridgehead atoms. The summed E-state index contributed by atoms with van der Waals surface area (Å²) >= 11 is 0. The van der Waals surface area contributed by atoms with Gasteiger partial charge in [0.2, 0.25) is 5.95 Å². The van der Waals surface area contributed by atoms with Crippen LogP contribution in [-0.2, 0) is 0 Å². The van der Waals surface area contributed by atoms with Crippen LogP contribution >= 0.6 is 0 Å². The fourth-order valence-corrected chi connectivity index (χ4v) is 4.07. The molecule has 5 nitrogen and oxygen atoms in total. The molecular weight excluding hydrogens is 360 g/mol. The number of aromatic nitrogens is 3. The number of anilines is 1. The van der Waals surface area contributed by atoms with Gasteiger partial charge in [-0.15, -0.1) is 0 Å². The number of rotatable bonds is 2. The first-order chi connectivity index (χ1) is 14.2. The van der Waals surface area contributed by atoms with Crippen LogP contribution in [0.2, 0.25) is 0 Å². The Morgan fingerprint density at radius 1 is 0.724 bits per heavy atom. The quantitative estimate of drug-likeness (QED) is 0.397. The average molecular weight is 378 g/mol. The van der Waals surface area contributed by atoms with Crippen LogP contribution in [0.15, 0.2) is 77.2 Å². The lowest BCUT2D eigenvalue weighted by molar-refractivity contribution is 0.662. The molecule has 3 aromatic carbocycles. The summed E-state index contributed by atoms with van der Waals surface area (Å²) in [4.78, 5) is 11.7. The molecule has 29 heavy (non-hydrogen) atoms. The van der Waals surface area contributed by atoms with E-state index in [0.29, 0.717) is 11.5 Å². The molecule has 6 rings (SSSR count). The van der Waals surface area contributed by atoms with Crippen molar-refractivity contribution in [3.05, 3.63) is 72.8 Å². The third-order valence-electron chi connectivity index (χ3n) is 5.38. The first-order valence-electron chi connectivity index (χ1n) is 9.57. The molecule has 0 aliphatic carbocycles. The summed E-state index contributed by atoms with van der Waals surface area (Å²) in [7, 11) is 3.91. The second-order valence-electron chi connectivity index (χ2n) is 7.39. The summed E-state index contributed by atoms with van der Waals surface area (Å²) in [6, 6.07) is 24.8. The molecule has 5 heteroatoms. The van der Waals surface area contributed by atoms with Gasteiger partial charge in [0.1, 0.15) is 11.1 Å². The zero-order valence-electron chi connectivity index (χ0n) is 16.1. The Morgan fingerprint density at radius 2 is 1.31 bits per heavy atom. The Hall–Kier alpha value is -3.86. The fourth-order valence-electron chi connectivity index (χ4n) is 4.07. The molecule has 0 atom stereocenters. The monoisotopic (exact) mass is 378 g/mol. The lowest BCUT2D eigenvalue weighted by Crippen LogP contribution is -2.14. The number of hydrogen-bond acceptors (Lipinski definition) is 4. The van der Waals surface area contributed by atoms with Crippen LogP contribution in [0, 0.1) is 0 Å². The van der Waals surface area contributed by atoms with Crippen LogP contribution in [0.4, 0.5) is 5.95 Å². The number of nitrogens with zero attached hydrogens (tertiary/aromatic N) is 4. The maximum atomic E-state index is 6.28. The second-order valence-corrected chi connectivity index (χ2v) is 7.39. The largest absolute Gasteiger partial charge is 0.450 e. The van der Waals surface area contributed by atoms with E-state index in [2.05, 4.69) is 53.1 Å². The van der Waals surface area contributed by atoms with Gasteiger partial charge in [0.15, 0.2) is 11.4 Å². The van der Waals surface area contributed by atoms with Crippen LogP contribution in [0.25, 0.3) is 49.7 Å². The molecule has 0 radical (unpaired) electrons. The van der Waals surface area contributed by atoms with Gasteiger partial charge in [-0.05, 0) is 24.3 Å². The van der Waals surface area contributed by atoms with E-state index in [1.54, 1.807) is 0 Å². The lowest BCUT2D eigenvalue weighted by Gasteiger charge is -2.13. The molecule has 0 aliphatic heterocycles. The normalized spacial score (nSPS) is 11.8. The van der Waals surface area contributed by atoms with E-state index in [4.69, 9.17) is 14.4 Å². The molecular formula is C24H18N4O. The molecule has 0 unspecified atom stereocenters. The Bertz CT molecular complexity index is 1490. The Balaban J connectivity index is 1.85. The molecule has 0 amide bonds. The van der Waals surface area contributed by atoms with Gasteiger partial charge in [0, 0.05) is 30.3 Å². The third-order valence-corrected chi connectivity index (χ3v) is 5.38. The van der Waals surface area contributed by atoms with Gasteiger partial charge in [0.05, 0.1) is 11.0 Å². The van der Waals surface area contributed by atoms with Crippen molar-refractivity contribution >= 4 is 49.8 Å². The maximum absolute atomic E-state index is 6.28. The van der Waals surface area contributed by atoms with E-state index >= 15 is 0 Å². The molecule has 3 heterocycles. The summed E-state index contributed by atoms with van der Waals surface area (Å²) in [6.07, 6.45) is 0. The van der Waals surface area contributed by atoms with Crippen molar-refractivity contribution in [3.8, 4) is 5.82 Å². The molecule has 0 spiro atoms. The zero-order chi connectivity index (χ0) is 19.5. The third kappa shape index (κ3) is 2.21. The van der Waals surface area contributed by atoms with Gasteiger partial charge >= 0.3 is 0 Å². The van der Waals surface area contributed by atoms with Gasteiger partial charge in [-0.3, -0.25) is 4.57 Å². The molecule has 0 saturated heterocycles. The zero-order valence-corrected chi connectivity index (χ0v) is 16.1. The smallest absolute Gasteiger partial charge is 0.227 e. The van der Waals surface area contributed by atoms with Gasteiger partial charge in [-0.2, -0.15) is 4.98 Å². The molecule has 0 N–H and O–H groups in total. The number of benzene rings is 3. The molecule has 140 valence electrons. The predicted molar refractivity (Wildman–Crippen MR) is 118 cm³/mol. The summed E-state index contributed by atoms with van der Waals surface area (Å²) in [6.45, 7) is 0. The number of hydrogen-bond donors (Lipinski definition) is 0. The van der Waals surface area contributed by atoms with Crippen molar-refractivity contribution in [2.24, 2.45) is 0 Å². The van der Waals surface area contributed by atoms with Gasteiger partial charge < -0.3 is 9.32 Å². The molecule has 0 saturated carbocycles. The summed E-state index contributed by atoms with van der Waals surface area (Å²) < 4.78 is 8.46. The molecule has 0 fully saturated rings. The highest BCUT2D eigenvalue weighted by atomic mass is 16.3. The van der Waals surface area contributed by atoms with Crippen LogP contribution in [0.1, 0.15) is 0 Å². The summed E-state index contributed by atoms with van der Waals surface area (Å²) in [5.74, 6) is 1.41. The predicted octanol–water partition coefficient (Wildman–Crippen LogP) is 5.54. The highest BCUT2D eigenvalue weighted by molar-refractivity contribution is 6.11. The van der Waals surface area contributed by atoms with E-state index in [0.717, 1.165) is 33.3 Å². The van der Waals surface area contributed by atoms with E-state index in [1.807, 2.05) is 43.3 Å². The van der Waals surface area contributed by atoms with Crippen molar-refractivity contribution in [2.75, 3.05) is 19.0 Å².